The first-order valence-electron chi connectivity index (χ1n) is 3.54. The first kappa shape index (κ1) is 8.90. The van der Waals surface area contributed by atoms with E-state index >= 15 is 0 Å². The Hall–Kier alpha value is -0.190. The Kier molecular flexibility index (Phi) is 2.47. The van der Waals surface area contributed by atoms with Crippen molar-refractivity contribution in [3.63, 3.8) is 0 Å². The highest BCUT2D eigenvalue weighted by Gasteiger charge is 2.29. The van der Waals surface area contributed by atoms with Crippen LogP contribution in [0.2, 0.25) is 0 Å². The minimum absolute atomic E-state index is 0.0792. The van der Waals surface area contributed by atoms with Gasteiger partial charge in [0.1, 0.15) is 6.17 Å². The smallest absolute Gasteiger partial charge is 0.247 e. The summed E-state index contributed by atoms with van der Waals surface area (Å²) in [4.78, 5) is 0. The van der Waals surface area contributed by atoms with Gasteiger partial charge in [-0.05, 0) is 25.2 Å². The summed E-state index contributed by atoms with van der Waals surface area (Å²) in [6, 6.07) is 0. The molecule has 0 aliphatic heterocycles. The van der Waals surface area contributed by atoms with Crippen molar-refractivity contribution >= 4 is 10.2 Å². The van der Waals surface area contributed by atoms with Crippen molar-refractivity contribution in [1.82, 2.24) is 0 Å². The van der Waals surface area contributed by atoms with E-state index in [-0.39, 0.29) is 12.3 Å². The fourth-order valence-electron chi connectivity index (χ4n) is 1.20. The topological polar surface area (TPSA) is 34.1 Å². The summed E-state index contributed by atoms with van der Waals surface area (Å²) in [5.74, 6) is -0.375. The molecule has 11 heavy (non-hydrogen) atoms. The van der Waals surface area contributed by atoms with Crippen molar-refractivity contribution in [3.05, 3.63) is 0 Å². The van der Waals surface area contributed by atoms with E-state index in [2.05, 4.69) is 0 Å². The van der Waals surface area contributed by atoms with E-state index in [1.165, 1.54) is 0 Å². The van der Waals surface area contributed by atoms with Crippen LogP contribution < -0.4 is 0 Å². The molecule has 2 nitrogen and oxygen atoms in total. The summed E-state index contributed by atoms with van der Waals surface area (Å²) >= 11 is 0. The molecule has 1 saturated carbocycles. The Morgan fingerprint density at radius 3 is 2.27 bits per heavy atom. The van der Waals surface area contributed by atoms with E-state index in [0.29, 0.717) is 12.8 Å². The molecule has 0 amide bonds. The van der Waals surface area contributed by atoms with Gasteiger partial charge < -0.3 is 0 Å². The molecule has 66 valence electrons. The molecule has 5 heteroatoms. The third kappa shape index (κ3) is 3.14. The number of rotatable bonds is 3. The van der Waals surface area contributed by atoms with E-state index in [1.54, 1.807) is 0 Å². The monoisotopic (exact) mass is 184 g/mol. The molecule has 0 radical (unpaired) electrons. The molecular weight excluding hydrogens is 174 g/mol. The van der Waals surface area contributed by atoms with Crippen molar-refractivity contribution in [2.24, 2.45) is 5.92 Å². The van der Waals surface area contributed by atoms with E-state index in [0.717, 1.165) is 0 Å². The Balaban J connectivity index is 2.15. The summed E-state index contributed by atoms with van der Waals surface area (Å²) < 4.78 is 44.0. The maximum Gasteiger partial charge on any atom is 0.302 e. The fourth-order valence-corrected chi connectivity index (χ4v) is 1.81. The largest absolute Gasteiger partial charge is 0.302 e. The van der Waals surface area contributed by atoms with Gasteiger partial charge in [0.2, 0.25) is 0 Å². The third-order valence-corrected chi connectivity index (χ3v) is 2.67. The van der Waals surface area contributed by atoms with Crippen LogP contribution in [0.15, 0.2) is 0 Å². The normalized spacial score (nSPS) is 31.5. The lowest BCUT2D eigenvalue weighted by Crippen LogP contribution is -2.26. The highest BCUT2D eigenvalue weighted by Crippen LogP contribution is 2.32. The van der Waals surface area contributed by atoms with Gasteiger partial charge in [0, 0.05) is 0 Å². The number of alkyl halides is 1. The van der Waals surface area contributed by atoms with Gasteiger partial charge in [-0.15, -0.1) is 3.89 Å². The van der Waals surface area contributed by atoms with E-state index in [4.69, 9.17) is 0 Å². The van der Waals surface area contributed by atoms with Crippen LogP contribution >= 0.6 is 0 Å². The first-order chi connectivity index (χ1) is 4.97. The van der Waals surface area contributed by atoms with Crippen molar-refractivity contribution in [2.45, 2.75) is 25.4 Å². The number of hydrogen-bond acceptors (Lipinski definition) is 2. The molecule has 0 aromatic rings. The SMILES string of the molecule is O=S(=O)(F)CCC1CC(F)C1. The fraction of sp³-hybridized carbons (Fsp3) is 1.00. The average Bonchev–Trinajstić information content (AvgIpc) is 1.75. The zero-order valence-corrected chi connectivity index (χ0v) is 6.78. The second-order valence-corrected chi connectivity index (χ2v) is 4.45. The maximum atomic E-state index is 12.1. The van der Waals surface area contributed by atoms with Crippen molar-refractivity contribution in [3.8, 4) is 0 Å². The molecule has 0 heterocycles. The zero-order valence-electron chi connectivity index (χ0n) is 5.96. The van der Waals surface area contributed by atoms with Crippen molar-refractivity contribution < 1.29 is 16.7 Å². The van der Waals surface area contributed by atoms with Gasteiger partial charge in [0.05, 0.1) is 5.75 Å². The van der Waals surface area contributed by atoms with Crippen LogP contribution in [0.5, 0.6) is 0 Å². The van der Waals surface area contributed by atoms with Crippen LogP contribution in [-0.4, -0.2) is 20.3 Å². The highest BCUT2D eigenvalue weighted by molar-refractivity contribution is 7.86. The molecule has 0 saturated heterocycles. The number of hydrogen-bond donors (Lipinski definition) is 0. The van der Waals surface area contributed by atoms with E-state index in [1.807, 2.05) is 0 Å². The van der Waals surface area contributed by atoms with Gasteiger partial charge in [-0.25, -0.2) is 4.39 Å². The molecule has 0 N–H and O–H groups in total. The van der Waals surface area contributed by atoms with Gasteiger partial charge in [0.25, 0.3) is 0 Å². The minimum Gasteiger partial charge on any atom is -0.247 e. The van der Waals surface area contributed by atoms with Crippen LogP contribution in [0.3, 0.4) is 0 Å². The minimum atomic E-state index is -4.34. The van der Waals surface area contributed by atoms with Gasteiger partial charge in [0.15, 0.2) is 0 Å². The first-order valence-corrected chi connectivity index (χ1v) is 5.09. The second kappa shape index (κ2) is 3.05. The molecule has 1 rings (SSSR count). The van der Waals surface area contributed by atoms with Crippen LogP contribution in [0.4, 0.5) is 8.28 Å². The highest BCUT2D eigenvalue weighted by atomic mass is 32.3. The van der Waals surface area contributed by atoms with Gasteiger partial charge >= 0.3 is 10.2 Å². The second-order valence-electron chi connectivity index (χ2n) is 2.97. The Morgan fingerprint density at radius 1 is 1.36 bits per heavy atom. The molecule has 0 unspecified atom stereocenters. The van der Waals surface area contributed by atoms with Crippen LogP contribution in [0, 0.1) is 5.92 Å². The van der Waals surface area contributed by atoms with Crippen molar-refractivity contribution in [1.29, 1.82) is 0 Å². The summed E-state index contributed by atoms with van der Waals surface area (Å²) in [6.07, 6.45) is 0.270. The predicted molar refractivity (Wildman–Crippen MR) is 37.1 cm³/mol. The average molecular weight is 184 g/mol. The molecule has 0 aromatic carbocycles. The van der Waals surface area contributed by atoms with Gasteiger partial charge in [-0.2, -0.15) is 8.42 Å². The standard InChI is InChI=1S/C6H10F2O2S/c7-6-3-5(4-6)1-2-11(8,9)10/h5-6H,1-4H2. The molecule has 1 fully saturated rings. The summed E-state index contributed by atoms with van der Waals surface area (Å²) in [5.41, 5.74) is 0. The van der Waals surface area contributed by atoms with E-state index < -0.39 is 22.1 Å². The Morgan fingerprint density at radius 2 is 1.91 bits per heavy atom. The lowest BCUT2D eigenvalue weighted by molar-refractivity contribution is 0.128. The van der Waals surface area contributed by atoms with Crippen LogP contribution in [0.1, 0.15) is 19.3 Å². The van der Waals surface area contributed by atoms with Crippen LogP contribution in [-0.2, 0) is 10.2 Å². The lowest BCUT2D eigenvalue weighted by atomic mass is 9.82. The summed E-state index contributed by atoms with van der Waals surface area (Å²) in [7, 11) is -4.34. The quantitative estimate of drug-likeness (QED) is 0.622. The molecule has 1 aliphatic carbocycles. The zero-order chi connectivity index (χ0) is 8.48. The maximum absolute atomic E-state index is 12.1. The molecule has 0 spiro atoms. The van der Waals surface area contributed by atoms with Crippen molar-refractivity contribution in [2.75, 3.05) is 5.75 Å². The molecule has 0 atom stereocenters. The Bertz CT molecular complexity index is 219. The predicted octanol–water partition coefficient (Wildman–Crippen LogP) is 1.42. The van der Waals surface area contributed by atoms with E-state index in [9.17, 15) is 16.7 Å². The molecule has 0 aromatic heterocycles. The number of halogens is 2. The third-order valence-electron chi connectivity index (χ3n) is 1.95. The lowest BCUT2D eigenvalue weighted by Gasteiger charge is -2.28. The summed E-state index contributed by atoms with van der Waals surface area (Å²) in [6.45, 7) is 0. The van der Waals surface area contributed by atoms with Crippen LogP contribution in [0.25, 0.3) is 0 Å². The molecular formula is C6H10F2O2S. The molecule has 0 bridgehead atoms. The molecule has 1 aliphatic rings. The van der Waals surface area contributed by atoms with Gasteiger partial charge in [-0.1, -0.05) is 0 Å². The Labute approximate surface area is 64.8 Å². The van der Waals surface area contributed by atoms with Gasteiger partial charge in [-0.3, -0.25) is 0 Å². The summed E-state index contributed by atoms with van der Waals surface area (Å²) in [5, 5.41) is 0.